The second-order valence-electron chi connectivity index (χ2n) is 4.52. The Morgan fingerprint density at radius 2 is 2.47 bits per heavy atom. The summed E-state index contributed by atoms with van der Waals surface area (Å²) >= 11 is 0. The maximum atomic E-state index is 12.2. The first kappa shape index (κ1) is 12.0. The second-order valence-corrected chi connectivity index (χ2v) is 4.52. The van der Waals surface area contributed by atoms with Crippen LogP contribution < -0.4 is 0 Å². The summed E-state index contributed by atoms with van der Waals surface area (Å²) in [4.78, 5) is 17.9. The number of aliphatic hydroxyl groups excluding tert-OH is 1. The molecule has 0 saturated carbocycles. The van der Waals surface area contributed by atoms with E-state index in [2.05, 4.69) is 4.98 Å². The van der Waals surface area contributed by atoms with Crippen LogP contribution in [0.5, 0.6) is 0 Å². The molecular formula is C13H18N2O2. The number of carbonyl (C=O) groups excluding carboxylic acids is 1. The van der Waals surface area contributed by atoms with Gasteiger partial charge in [0.25, 0.3) is 5.91 Å². The van der Waals surface area contributed by atoms with Gasteiger partial charge >= 0.3 is 0 Å². The summed E-state index contributed by atoms with van der Waals surface area (Å²) in [5, 5.41) is 9.79. The molecule has 0 bridgehead atoms. The Hall–Kier alpha value is -1.42. The van der Waals surface area contributed by atoms with E-state index < -0.39 is 0 Å². The number of likely N-dealkylation sites (tertiary alicyclic amines) is 1. The lowest BCUT2D eigenvalue weighted by Gasteiger charge is -2.35. The van der Waals surface area contributed by atoms with Gasteiger partial charge in [0.1, 0.15) is 0 Å². The minimum Gasteiger partial charge on any atom is -0.393 e. The predicted octanol–water partition coefficient (Wildman–Crippen LogP) is 1.31. The number of piperidine rings is 1. The molecule has 2 unspecified atom stereocenters. The first-order chi connectivity index (χ1) is 8.22. The average Bonchev–Trinajstić information content (AvgIpc) is 2.39. The van der Waals surface area contributed by atoms with Crippen LogP contribution in [0.4, 0.5) is 0 Å². The zero-order chi connectivity index (χ0) is 12.3. The number of hydrogen-bond acceptors (Lipinski definition) is 3. The highest BCUT2D eigenvalue weighted by Gasteiger charge is 2.29. The molecule has 0 radical (unpaired) electrons. The minimum atomic E-state index is -0.266. The average molecular weight is 234 g/mol. The van der Waals surface area contributed by atoms with Gasteiger partial charge in [-0.25, -0.2) is 0 Å². The van der Waals surface area contributed by atoms with Crippen LogP contribution >= 0.6 is 0 Å². The number of carbonyl (C=O) groups is 1. The lowest BCUT2D eigenvalue weighted by Crippen LogP contribution is -2.45. The summed E-state index contributed by atoms with van der Waals surface area (Å²) in [7, 11) is 0. The number of rotatable bonds is 2. The Morgan fingerprint density at radius 3 is 3.12 bits per heavy atom. The van der Waals surface area contributed by atoms with Crippen LogP contribution in [0.15, 0.2) is 24.5 Å². The predicted molar refractivity (Wildman–Crippen MR) is 64.5 cm³/mol. The second kappa shape index (κ2) is 5.27. The molecule has 1 fully saturated rings. The minimum absolute atomic E-state index is 0.0171. The molecule has 1 aliphatic rings. The van der Waals surface area contributed by atoms with Crippen molar-refractivity contribution in [2.45, 2.75) is 25.9 Å². The molecule has 1 aromatic heterocycles. The van der Waals surface area contributed by atoms with E-state index in [1.165, 1.54) is 0 Å². The molecule has 0 aromatic carbocycles. The standard InChI is InChI=1S/C13H18N2O2/c1-2-10-9-15(7-5-12(10)16)13(17)11-4-3-6-14-8-11/h3-4,6,8,10,12,16H,2,5,7,9H2,1H3. The largest absolute Gasteiger partial charge is 0.393 e. The molecule has 0 aliphatic carbocycles. The van der Waals surface area contributed by atoms with Crippen molar-refractivity contribution in [3.05, 3.63) is 30.1 Å². The molecule has 4 nitrogen and oxygen atoms in total. The Labute approximate surface area is 101 Å². The molecule has 1 N–H and O–H groups in total. The fourth-order valence-corrected chi connectivity index (χ4v) is 2.28. The van der Waals surface area contributed by atoms with Crippen LogP contribution in [0.2, 0.25) is 0 Å². The first-order valence-electron chi connectivity index (χ1n) is 6.09. The Bertz CT molecular complexity index is 380. The van der Waals surface area contributed by atoms with E-state index in [4.69, 9.17) is 0 Å². The van der Waals surface area contributed by atoms with E-state index in [-0.39, 0.29) is 17.9 Å². The number of pyridine rings is 1. The summed E-state index contributed by atoms with van der Waals surface area (Å²) < 4.78 is 0. The molecule has 1 amide bonds. The maximum absolute atomic E-state index is 12.2. The van der Waals surface area contributed by atoms with E-state index in [0.717, 1.165) is 6.42 Å². The third-order valence-electron chi connectivity index (χ3n) is 3.41. The molecule has 1 saturated heterocycles. The summed E-state index contributed by atoms with van der Waals surface area (Å²) in [6.45, 7) is 3.32. The van der Waals surface area contributed by atoms with Gasteiger partial charge < -0.3 is 10.0 Å². The van der Waals surface area contributed by atoms with Crippen molar-refractivity contribution in [1.29, 1.82) is 0 Å². The highest BCUT2D eigenvalue weighted by atomic mass is 16.3. The van der Waals surface area contributed by atoms with Gasteiger partial charge in [0.15, 0.2) is 0 Å². The van der Waals surface area contributed by atoms with Crippen molar-refractivity contribution in [3.8, 4) is 0 Å². The Morgan fingerprint density at radius 1 is 1.65 bits per heavy atom. The van der Waals surface area contributed by atoms with Crippen LogP contribution in [0, 0.1) is 5.92 Å². The highest BCUT2D eigenvalue weighted by Crippen LogP contribution is 2.21. The van der Waals surface area contributed by atoms with Gasteiger partial charge in [0, 0.05) is 31.4 Å². The zero-order valence-corrected chi connectivity index (χ0v) is 10.0. The van der Waals surface area contributed by atoms with Crippen LogP contribution in [0.3, 0.4) is 0 Å². The zero-order valence-electron chi connectivity index (χ0n) is 10.0. The Balaban J connectivity index is 2.06. The van der Waals surface area contributed by atoms with Gasteiger partial charge in [0.2, 0.25) is 0 Å². The first-order valence-corrected chi connectivity index (χ1v) is 6.09. The topological polar surface area (TPSA) is 53.4 Å². The van der Waals surface area contributed by atoms with Crippen molar-refractivity contribution < 1.29 is 9.90 Å². The number of aromatic nitrogens is 1. The maximum Gasteiger partial charge on any atom is 0.255 e. The molecule has 2 rings (SSSR count). The molecular weight excluding hydrogens is 216 g/mol. The van der Waals surface area contributed by atoms with E-state index in [1.807, 2.05) is 11.8 Å². The van der Waals surface area contributed by atoms with Crippen molar-refractivity contribution in [1.82, 2.24) is 9.88 Å². The fraction of sp³-hybridized carbons (Fsp3) is 0.538. The van der Waals surface area contributed by atoms with Gasteiger partial charge in [-0.3, -0.25) is 9.78 Å². The summed E-state index contributed by atoms with van der Waals surface area (Å²) in [5.41, 5.74) is 0.624. The van der Waals surface area contributed by atoms with Crippen LogP contribution in [-0.4, -0.2) is 40.1 Å². The summed E-state index contributed by atoms with van der Waals surface area (Å²) in [5.74, 6) is 0.216. The van der Waals surface area contributed by atoms with Crippen molar-refractivity contribution in [3.63, 3.8) is 0 Å². The third kappa shape index (κ3) is 2.64. The van der Waals surface area contributed by atoms with Crippen molar-refractivity contribution in [2.24, 2.45) is 5.92 Å². The lowest BCUT2D eigenvalue weighted by molar-refractivity contribution is 0.0229. The lowest BCUT2D eigenvalue weighted by atomic mass is 9.92. The molecule has 1 aromatic rings. The molecule has 4 heteroatoms. The summed E-state index contributed by atoms with van der Waals surface area (Å²) in [6, 6.07) is 3.55. The van der Waals surface area contributed by atoms with Gasteiger partial charge in [-0.15, -0.1) is 0 Å². The van der Waals surface area contributed by atoms with Crippen molar-refractivity contribution >= 4 is 5.91 Å². The smallest absolute Gasteiger partial charge is 0.255 e. The van der Waals surface area contributed by atoms with Gasteiger partial charge in [-0.2, -0.15) is 0 Å². The monoisotopic (exact) mass is 234 g/mol. The number of hydrogen-bond donors (Lipinski definition) is 1. The number of amides is 1. The highest BCUT2D eigenvalue weighted by molar-refractivity contribution is 5.93. The number of aliphatic hydroxyl groups is 1. The molecule has 1 aliphatic heterocycles. The van der Waals surface area contributed by atoms with Crippen LogP contribution in [-0.2, 0) is 0 Å². The van der Waals surface area contributed by atoms with Crippen LogP contribution in [0.25, 0.3) is 0 Å². The molecule has 17 heavy (non-hydrogen) atoms. The van der Waals surface area contributed by atoms with Crippen LogP contribution in [0.1, 0.15) is 30.1 Å². The Kier molecular flexibility index (Phi) is 3.74. The van der Waals surface area contributed by atoms with E-state index in [1.54, 1.807) is 24.5 Å². The third-order valence-corrected chi connectivity index (χ3v) is 3.41. The quantitative estimate of drug-likeness (QED) is 0.839. The SMILES string of the molecule is CCC1CN(C(=O)c2cccnc2)CCC1O. The molecule has 2 atom stereocenters. The van der Waals surface area contributed by atoms with Gasteiger partial charge in [0.05, 0.1) is 11.7 Å². The van der Waals surface area contributed by atoms with Gasteiger partial charge in [-0.05, 0) is 25.0 Å². The van der Waals surface area contributed by atoms with Gasteiger partial charge in [-0.1, -0.05) is 6.92 Å². The van der Waals surface area contributed by atoms with E-state index in [0.29, 0.717) is 25.1 Å². The van der Waals surface area contributed by atoms with E-state index >= 15 is 0 Å². The number of nitrogens with zero attached hydrogens (tertiary/aromatic N) is 2. The van der Waals surface area contributed by atoms with Crippen molar-refractivity contribution in [2.75, 3.05) is 13.1 Å². The fourth-order valence-electron chi connectivity index (χ4n) is 2.28. The summed E-state index contributed by atoms with van der Waals surface area (Å²) in [6.07, 6.45) is 4.56. The molecule has 0 spiro atoms. The molecule has 2 heterocycles. The molecule has 92 valence electrons. The normalized spacial score (nSPS) is 24.7. The van der Waals surface area contributed by atoms with E-state index in [9.17, 15) is 9.90 Å².